The molecule has 2 heteroatoms. The van der Waals surface area contributed by atoms with Gasteiger partial charge in [0, 0.05) is 34.4 Å². The summed E-state index contributed by atoms with van der Waals surface area (Å²) in [4.78, 5) is 4.92. The first-order valence-corrected chi connectivity index (χ1v) is 24.1. The Labute approximate surface area is 405 Å². The molecule has 326 valence electrons. The molecular formula is C67H48N2. The van der Waals surface area contributed by atoms with Gasteiger partial charge in [-0.25, -0.2) is 0 Å². The molecular weight excluding hydrogens is 833 g/mol. The zero-order valence-electron chi connectivity index (χ0n) is 38.2. The van der Waals surface area contributed by atoms with Crippen molar-refractivity contribution in [2.24, 2.45) is 0 Å². The van der Waals surface area contributed by atoms with E-state index in [9.17, 15) is 0 Å². The Bertz CT molecular complexity index is 3430. The summed E-state index contributed by atoms with van der Waals surface area (Å²) in [5.41, 5.74) is 22.9. The number of allylic oxidation sites excluding steroid dienone is 4. The summed E-state index contributed by atoms with van der Waals surface area (Å²) in [5.74, 6) is 0.284. The first-order chi connectivity index (χ1) is 34.2. The molecule has 0 spiro atoms. The van der Waals surface area contributed by atoms with Crippen LogP contribution in [0.3, 0.4) is 0 Å². The fraction of sp³-hybridized carbons (Fsp3) is 0.0448. The van der Waals surface area contributed by atoms with Crippen LogP contribution in [0.15, 0.2) is 279 Å². The molecule has 10 aromatic carbocycles. The normalized spacial score (nSPS) is 14.9. The minimum atomic E-state index is -0.439. The van der Waals surface area contributed by atoms with Gasteiger partial charge in [-0.3, -0.25) is 0 Å². The van der Waals surface area contributed by atoms with Crippen molar-refractivity contribution < 1.29 is 0 Å². The van der Waals surface area contributed by atoms with Gasteiger partial charge in [0.15, 0.2) is 0 Å². The molecule has 0 bridgehead atoms. The maximum Gasteiger partial charge on any atom is 0.0713 e. The maximum atomic E-state index is 2.54. The molecule has 10 aromatic rings. The predicted octanol–water partition coefficient (Wildman–Crippen LogP) is 17.6. The van der Waals surface area contributed by atoms with Gasteiger partial charge < -0.3 is 9.80 Å². The Hall–Kier alpha value is -8.72. The monoisotopic (exact) mass is 880 g/mol. The molecule has 1 heterocycles. The topological polar surface area (TPSA) is 6.48 Å². The number of nitrogens with zero attached hydrogens (tertiary/aromatic N) is 2. The van der Waals surface area contributed by atoms with Crippen molar-refractivity contribution in [2.45, 2.75) is 17.8 Å². The fourth-order valence-corrected chi connectivity index (χ4v) is 11.5. The van der Waals surface area contributed by atoms with Crippen LogP contribution in [0.2, 0.25) is 0 Å². The number of hydrogen-bond donors (Lipinski definition) is 0. The summed E-state index contributed by atoms with van der Waals surface area (Å²) in [6.07, 6.45) is 7.86. The van der Waals surface area contributed by atoms with Gasteiger partial charge in [-0.15, -0.1) is 0 Å². The number of anilines is 5. The second-order valence-corrected chi connectivity index (χ2v) is 18.4. The summed E-state index contributed by atoms with van der Waals surface area (Å²) in [7, 11) is 0. The van der Waals surface area contributed by atoms with Crippen LogP contribution in [0.5, 0.6) is 0 Å². The molecule has 1 atom stereocenters. The Balaban J connectivity index is 0.917. The van der Waals surface area contributed by atoms with Crippen molar-refractivity contribution >= 4 is 28.4 Å². The van der Waals surface area contributed by atoms with Gasteiger partial charge in [0.05, 0.1) is 11.1 Å². The number of rotatable bonds is 9. The standard InChI is InChI=1S/C67H48N2/c1-5-18-47(19-6-1)49-32-37-55(38-33-49)68(56-39-34-50(35-40-56)48-20-7-2-8-21-48)57-27-17-22-51(44-57)52-36-42-61-60-29-14-16-31-65(60)69(66(61)45-52)58-41-43-64-62(46-58)59-28-13-15-30-63(59)67(64,53-23-9-3-10-24-53)54-25-11-4-12-26-54/h1-28,30-46,60H,29H2. The van der Waals surface area contributed by atoms with E-state index in [1.165, 1.54) is 89.4 Å². The van der Waals surface area contributed by atoms with Gasteiger partial charge in [-0.2, -0.15) is 0 Å². The third-order valence-electron chi connectivity index (χ3n) is 14.6. The van der Waals surface area contributed by atoms with Crippen molar-refractivity contribution in [1.82, 2.24) is 0 Å². The lowest BCUT2D eigenvalue weighted by atomic mass is 9.68. The molecule has 0 radical (unpaired) electrons. The number of hydrogen-bond acceptors (Lipinski definition) is 2. The Kier molecular flexibility index (Phi) is 9.91. The lowest BCUT2D eigenvalue weighted by Gasteiger charge is -2.34. The highest BCUT2D eigenvalue weighted by atomic mass is 15.2. The molecule has 0 fully saturated rings. The minimum absolute atomic E-state index is 0.284. The predicted molar refractivity (Wildman–Crippen MR) is 288 cm³/mol. The van der Waals surface area contributed by atoms with Crippen molar-refractivity contribution in [3.05, 3.63) is 307 Å². The third-order valence-corrected chi connectivity index (χ3v) is 14.6. The van der Waals surface area contributed by atoms with Gasteiger partial charge in [0.2, 0.25) is 0 Å². The molecule has 0 N–H and O–H groups in total. The van der Waals surface area contributed by atoms with E-state index in [4.69, 9.17) is 0 Å². The molecule has 3 aliphatic rings. The average Bonchev–Trinajstić information content (AvgIpc) is 3.92. The van der Waals surface area contributed by atoms with Crippen LogP contribution in [-0.4, -0.2) is 0 Å². The molecule has 13 rings (SSSR count). The van der Waals surface area contributed by atoms with E-state index in [2.05, 4.69) is 283 Å². The highest BCUT2D eigenvalue weighted by Crippen LogP contribution is 2.58. The van der Waals surface area contributed by atoms with E-state index in [0.29, 0.717) is 0 Å². The smallest absolute Gasteiger partial charge is 0.0713 e. The molecule has 2 nitrogen and oxygen atoms in total. The van der Waals surface area contributed by atoms with E-state index in [-0.39, 0.29) is 5.92 Å². The quantitative estimate of drug-likeness (QED) is 0.143. The molecule has 69 heavy (non-hydrogen) atoms. The molecule has 1 aliphatic heterocycles. The summed E-state index contributed by atoms with van der Waals surface area (Å²) in [6.45, 7) is 0. The van der Waals surface area contributed by atoms with Crippen LogP contribution in [0.4, 0.5) is 28.4 Å². The molecule has 1 unspecified atom stereocenters. The minimum Gasteiger partial charge on any atom is -0.313 e. The lowest BCUT2D eigenvalue weighted by molar-refractivity contribution is 0.768. The second kappa shape index (κ2) is 16.9. The summed E-state index contributed by atoms with van der Waals surface area (Å²) in [5, 5.41) is 0. The highest BCUT2D eigenvalue weighted by Gasteiger charge is 2.46. The third kappa shape index (κ3) is 6.79. The Morgan fingerprint density at radius 2 is 0.913 bits per heavy atom. The van der Waals surface area contributed by atoms with Gasteiger partial charge in [-0.05, 0) is 139 Å². The van der Waals surface area contributed by atoms with E-state index >= 15 is 0 Å². The van der Waals surface area contributed by atoms with E-state index in [1.807, 2.05) is 0 Å². The van der Waals surface area contributed by atoms with Gasteiger partial charge in [0.25, 0.3) is 0 Å². The van der Waals surface area contributed by atoms with E-state index in [1.54, 1.807) is 0 Å². The van der Waals surface area contributed by atoms with Gasteiger partial charge in [0.1, 0.15) is 0 Å². The number of benzene rings is 10. The molecule has 0 amide bonds. The summed E-state index contributed by atoms with van der Waals surface area (Å²) < 4.78 is 0. The fourth-order valence-electron chi connectivity index (χ4n) is 11.5. The Morgan fingerprint density at radius 3 is 1.55 bits per heavy atom. The Morgan fingerprint density at radius 1 is 0.391 bits per heavy atom. The van der Waals surface area contributed by atoms with E-state index in [0.717, 1.165) is 23.5 Å². The van der Waals surface area contributed by atoms with Crippen LogP contribution in [-0.2, 0) is 5.41 Å². The van der Waals surface area contributed by atoms with Crippen LogP contribution >= 0.6 is 0 Å². The van der Waals surface area contributed by atoms with Gasteiger partial charge in [-0.1, -0.05) is 212 Å². The first-order valence-electron chi connectivity index (χ1n) is 24.1. The molecule has 0 aromatic heterocycles. The van der Waals surface area contributed by atoms with Crippen molar-refractivity contribution in [3.8, 4) is 44.5 Å². The highest BCUT2D eigenvalue weighted by molar-refractivity contribution is 5.91. The van der Waals surface area contributed by atoms with Gasteiger partial charge >= 0.3 is 0 Å². The zero-order valence-corrected chi connectivity index (χ0v) is 38.2. The van der Waals surface area contributed by atoms with Crippen molar-refractivity contribution in [3.63, 3.8) is 0 Å². The lowest BCUT2D eigenvalue weighted by Crippen LogP contribution is -2.28. The molecule has 0 saturated heterocycles. The summed E-state index contributed by atoms with van der Waals surface area (Å²) >= 11 is 0. The first kappa shape index (κ1) is 40.5. The van der Waals surface area contributed by atoms with Crippen LogP contribution < -0.4 is 9.80 Å². The largest absolute Gasteiger partial charge is 0.313 e. The molecule has 2 aliphatic carbocycles. The summed E-state index contributed by atoms with van der Waals surface area (Å²) in [6, 6.07) is 93.8. The van der Waals surface area contributed by atoms with Crippen LogP contribution in [0, 0.1) is 0 Å². The van der Waals surface area contributed by atoms with Crippen molar-refractivity contribution in [1.29, 1.82) is 0 Å². The SMILES string of the molecule is C1=CCC2C(=C1)N(c1ccc3c(c1)-c1ccccc1C3(c1ccccc1)c1ccccc1)c1cc(-c3cccc(N(c4ccc(-c5ccccc5)cc4)c4ccc(-c5ccccc5)cc4)c3)ccc12. The van der Waals surface area contributed by atoms with Crippen LogP contribution in [0.1, 0.15) is 40.2 Å². The van der Waals surface area contributed by atoms with Crippen molar-refractivity contribution in [2.75, 3.05) is 9.80 Å². The van der Waals surface area contributed by atoms with E-state index < -0.39 is 5.41 Å². The number of fused-ring (bicyclic) bond motifs is 6. The average molecular weight is 881 g/mol. The maximum absolute atomic E-state index is 2.54. The molecule has 0 saturated carbocycles. The zero-order chi connectivity index (χ0) is 45.7. The van der Waals surface area contributed by atoms with Crippen LogP contribution in [0.25, 0.3) is 44.5 Å². The second-order valence-electron chi connectivity index (χ2n) is 18.4.